The highest BCUT2D eigenvalue weighted by atomic mass is 32.1. The molecule has 0 unspecified atom stereocenters. The molecule has 2 aliphatic rings. The summed E-state index contributed by atoms with van der Waals surface area (Å²) in [6.45, 7) is 3.60. The molecule has 1 fully saturated rings. The molecule has 6 heteroatoms. The minimum atomic E-state index is 0.123. The zero-order chi connectivity index (χ0) is 17.1. The van der Waals surface area contributed by atoms with Gasteiger partial charge in [0.05, 0.1) is 17.1 Å². The number of carbonyl (C=O) groups excluding carboxylic acids is 1. The summed E-state index contributed by atoms with van der Waals surface area (Å²) in [5.41, 5.74) is 7.06. The summed E-state index contributed by atoms with van der Waals surface area (Å²) in [7, 11) is 0. The van der Waals surface area contributed by atoms with Gasteiger partial charge in [0.25, 0.3) is 5.91 Å². The molecule has 5 nitrogen and oxygen atoms in total. The maximum atomic E-state index is 13.2. The molecule has 1 amide bonds. The number of amides is 1. The number of fused-ring (bicyclic) bond motifs is 3. The van der Waals surface area contributed by atoms with Crippen LogP contribution in [0.4, 0.5) is 0 Å². The van der Waals surface area contributed by atoms with Crippen molar-refractivity contribution in [1.82, 2.24) is 14.5 Å². The fourth-order valence-electron chi connectivity index (χ4n) is 3.84. The number of rotatable bonds is 2. The molecule has 124 valence electrons. The summed E-state index contributed by atoms with van der Waals surface area (Å²) < 4.78 is 2.14. The summed E-state index contributed by atoms with van der Waals surface area (Å²) in [6, 6.07) is 8.24. The van der Waals surface area contributed by atoms with E-state index in [0.29, 0.717) is 11.6 Å². The number of aromatic nitrogens is 2. The lowest BCUT2D eigenvalue weighted by atomic mass is 9.97. The Morgan fingerprint density at radius 1 is 1.32 bits per heavy atom. The normalized spacial score (nSPS) is 17.0. The molecule has 1 aliphatic carbocycles. The molecule has 2 aromatic heterocycles. The lowest BCUT2D eigenvalue weighted by molar-refractivity contribution is 0.0694. The Hall–Kier alpha value is -2.65. The minimum absolute atomic E-state index is 0.123. The van der Waals surface area contributed by atoms with Crippen LogP contribution in [0.25, 0.3) is 21.5 Å². The Morgan fingerprint density at radius 3 is 2.88 bits per heavy atom. The van der Waals surface area contributed by atoms with Crippen molar-refractivity contribution in [2.75, 3.05) is 6.54 Å². The van der Waals surface area contributed by atoms with Gasteiger partial charge in [-0.1, -0.05) is 6.07 Å². The predicted molar refractivity (Wildman–Crippen MR) is 96.6 cm³/mol. The van der Waals surface area contributed by atoms with Crippen molar-refractivity contribution in [2.45, 2.75) is 32.4 Å². The fourth-order valence-corrected chi connectivity index (χ4v) is 4.67. The van der Waals surface area contributed by atoms with Crippen molar-refractivity contribution >= 4 is 27.6 Å². The SMILES string of the molecule is Cc1cc(C#N)ccc1-c1c2n(c3scnc13)CCN(C1CC1)C2=O. The molecule has 0 radical (unpaired) electrons. The molecule has 5 rings (SSSR count). The quantitative estimate of drug-likeness (QED) is 0.711. The average Bonchev–Trinajstić information content (AvgIpc) is 3.25. The Labute approximate surface area is 149 Å². The van der Waals surface area contributed by atoms with E-state index in [2.05, 4.69) is 15.6 Å². The van der Waals surface area contributed by atoms with Gasteiger partial charge in [-0.15, -0.1) is 11.3 Å². The number of hydrogen-bond donors (Lipinski definition) is 0. The molecule has 3 heterocycles. The number of benzene rings is 1. The zero-order valence-electron chi connectivity index (χ0n) is 13.8. The van der Waals surface area contributed by atoms with Gasteiger partial charge in [0, 0.05) is 24.7 Å². The number of carbonyl (C=O) groups is 1. The number of nitrogens with zero attached hydrogens (tertiary/aromatic N) is 4. The number of thiazole rings is 1. The van der Waals surface area contributed by atoms with Gasteiger partial charge in [-0.2, -0.15) is 5.26 Å². The molecule has 0 bridgehead atoms. The van der Waals surface area contributed by atoms with Crippen molar-refractivity contribution in [3.8, 4) is 17.2 Å². The van der Waals surface area contributed by atoms with Gasteiger partial charge in [-0.3, -0.25) is 4.79 Å². The van der Waals surface area contributed by atoms with Crippen LogP contribution in [0, 0.1) is 18.3 Å². The van der Waals surface area contributed by atoms with E-state index < -0.39 is 0 Å². The van der Waals surface area contributed by atoms with Gasteiger partial charge < -0.3 is 9.47 Å². The van der Waals surface area contributed by atoms with Gasteiger partial charge in [-0.25, -0.2) is 4.98 Å². The van der Waals surface area contributed by atoms with Crippen LogP contribution >= 0.6 is 11.3 Å². The fraction of sp³-hybridized carbons (Fsp3) is 0.316. The van der Waals surface area contributed by atoms with Crippen LogP contribution in [0.3, 0.4) is 0 Å². The highest BCUT2D eigenvalue weighted by Crippen LogP contribution is 2.41. The summed E-state index contributed by atoms with van der Waals surface area (Å²) >= 11 is 1.59. The van der Waals surface area contributed by atoms with Gasteiger partial charge in [0.15, 0.2) is 0 Å². The van der Waals surface area contributed by atoms with E-state index in [9.17, 15) is 4.79 Å². The Balaban J connectivity index is 1.77. The monoisotopic (exact) mass is 348 g/mol. The van der Waals surface area contributed by atoms with Gasteiger partial charge in [-0.05, 0) is 43.0 Å². The molecule has 1 aliphatic heterocycles. The third-order valence-corrected chi connectivity index (χ3v) is 6.03. The Morgan fingerprint density at radius 2 is 2.16 bits per heavy atom. The van der Waals surface area contributed by atoms with Gasteiger partial charge >= 0.3 is 0 Å². The van der Waals surface area contributed by atoms with E-state index in [1.54, 1.807) is 11.3 Å². The summed E-state index contributed by atoms with van der Waals surface area (Å²) in [4.78, 5) is 20.9. The van der Waals surface area contributed by atoms with Crippen LogP contribution in [0.1, 0.15) is 34.5 Å². The van der Waals surface area contributed by atoms with Crippen LogP contribution in [0.2, 0.25) is 0 Å². The third kappa shape index (κ3) is 2.06. The Kier molecular flexibility index (Phi) is 3.03. The molecule has 0 spiro atoms. The molecule has 0 N–H and O–H groups in total. The van der Waals surface area contributed by atoms with Crippen molar-refractivity contribution in [3.05, 3.63) is 40.5 Å². The molecule has 1 saturated carbocycles. The second-order valence-electron chi connectivity index (χ2n) is 6.75. The van der Waals surface area contributed by atoms with Crippen molar-refractivity contribution in [1.29, 1.82) is 5.26 Å². The predicted octanol–water partition coefficient (Wildman–Crippen LogP) is 3.56. The number of aryl methyl sites for hydroxylation is 1. The molecule has 0 atom stereocenters. The van der Waals surface area contributed by atoms with E-state index in [-0.39, 0.29) is 5.91 Å². The molecule has 1 aromatic carbocycles. The smallest absolute Gasteiger partial charge is 0.271 e. The highest BCUT2D eigenvalue weighted by molar-refractivity contribution is 7.16. The molecular formula is C19H16N4OS. The second kappa shape index (κ2) is 5.17. The standard InChI is InChI=1S/C19H16N4OS/c1-11-8-12(9-20)2-5-14(11)15-16-19(25-10-21-16)23-7-6-22(13-3-4-13)18(24)17(15)23/h2,5,8,10,13H,3-4,6-7H2,1H3. The Bertz CT molecular complexity index is 1070. The molecule has 3 aromatic rings. The second-order valence-corrected chi connectivity index (χ2v) is 7.59. The number of hydrogen-bond acceptors (Lipinski definition) is 4. The van der Waals surface area contributed by atoms with Crippen LogP contribution in [-0.2, 0) is 6.54 Å². The first kappa shape index (κ1) is 14.7. The van der Waals surface area contributed by atoms with Crippen LogP contribution in [-0.4, -0.2) is 32.9 Å². The van der Waals surface area contributed by atoms with E-state index >= 15 is 0 Å². The van der Waals surface area contributed by atoms with Crippen LogP contribution < -0.4 is 0 Å². The van der Waals surface area contributed by atoms with Crippen molar-refractivity contribution < 1.29 is 4.79 Å². The van der Waals surface area contributed by atoms with Gasteiger partial charge in [0.1, 0.15) is 16.0 Å². The minimum Gasteiger partial charge on any atom is -0.333 e. The van der Waals surface area contributed by atoms with E-state index in [1.165, 1.54) is 0 Å². The largest absolute Gasteiger partial charge is 0.333 e. The van der Waals surface area contributed by atoms with Crippen molar-refractivity contribution in [3.63, 3.8) is 0 Å². The summed E-state index contributed by atoms with van der Waals surface area (Å²) in [5, 5.41) is 9.13. The summed E-state index contributed by atoms with van der Waals surface area (Å²) in [6.07, 6.45) is 2.23. The van der Waals surface area contributed by atoms with Gasteiger partial charge in [0.2, 0.25) is 0 Å². The van der Waals surface area contributed by atoms with E-state index in [1.807, 2.05) is 35.5 Å². The van der Waals surface area contributed by atoms with E-state index in [0.717, 1.165) is 58.7 Å². The lowest BCUT2D eigenvalue weighted by Crippen LogP contribution is -2.41. The van der Waals surface area contributed by atoms with Crippen molar-refractivity contribution in [2.24, 2.45) is 0 Å². The topological polar surface area (TPSA) is 61.9 Å². The lowest BCUT2D eigenvalue weighted by Gasteiger charge is -2.29. The molecular weight excluding hydrogens is 332 g/mol. The van der Waals surface area contributed by atoms with Crippen LogP contribution in [0.15, 0.2) is 23.7 Å². The summed E-state index contributed by atoms with van der Waals surface area (Å²) in [5.74, 6) is 0.123. The highest BCUT2D eigenvalue weighted by Gasteiger charge is 2.39. The number of nitriles is 1. The zero-order valence-corrected chi connectivity index (χ0v) is 14.6. The molecule has 0 saturated heterocycles. The first-order chi connectivity index (χ1) is 12.2. The first-order valence-corrected chi connectivity index (χ1v) is 9.35. The average molecular weight is 348 g/mol. The maximum Gasteiger partial charge on any atom is 0.271 e. The third-order valence-electron chi connectivity index (χ3n) is 5.18. The first-order valence-electron chi connectivity index (χ1n) is 8.47. The molecule has 25 heavy (non-hydrogen) atoms. The maximum absolute atomic E-state index is 13.2. The van der Waals surface area contributed by atoms with Crippen LogP contribution in [0.5, 0.6) is 0 Å². The van der Waals surface area contributed by atoms with E-state index in [4.69, 9.17) is 5.26 Å².